The van der Waals surface area contributed by atoms with Crippen molar-refractivity contribution in [3.8, 4) is 0 Å². The summed E-state index contributed by atoms with van der Waals surface area (Å²) >= 11 is 1.49. The van der Waals surface area contributed by atoms with Crippen molar-refractivity contribution in [2.75, 3.05) is 48.8 Å². The summed E-state index contributed by atoms with van der Waals surface area (Å²) in [6.07, 6.45) is 0. The number of thioether (sulfide) groups is 1. The van der Waals surface area contributed by atoms with E-state index in [0.717, 1.165) is 16.0 Å². The molecule has 1 fully saturated rings. The third-order valence-electron chi connectivity index (χ3n) is 6.10. The number of aryl methyl sites for hydroxylation is 2. The second-order valence-corrected chi connectivity index (χ2v) is 11.6. The van der Waals surface area contributed by atoms with Gasteiger partial charge in [-0.1, -0.05) is 13.0 Å². The van der Waals surface area contributed by atoms with Crippen LogP contribution in [0.4, 0.5) is 11.4 Å². The van der Waals surface area contributed by atoms with E-state index in [9.17, 15) is 18.0 Å². The van der Waals surface area contributed by atoms with Crippen LogP contribution in [0.2, 0.25) is 0 Å². The molecule has 2 aliphatic rings. The Morgan fingerprint density at radius 2 is 1.85 bits per heavy atom. The number of amides is 2. The van der Waals surface area contributed by atoms with Crippen LogP contribution < -0.4 is 10.2 Å². The van der Waals surface area contributed by atoms with Crippen LogP contribution in [-0.2, 0) is 24.3 Å². The third kappa shape index (κ3) is 5.14. The first-order chi connectivity index (χ1) is 16.2. The molecule has 8 nitrogen and oxygen atoms in total. The normalized spacial score (nSPS) is 19.4. The number of hydrogen-bond acceptors (Lipinski definition) is 6. The van der Waals surface area contributed by atoms with E-state index >= 15 is 0 Å². The van der Waals surface area contributed by atoms with Crippen molar-refractivity contribution < 1.29 is 22.7 Å². The van der Waals surface area contributed by atoms with Gasteiger partial charge < -0.3 is 15.0 Å². The van der Waals surface area contributed by atoms with Crippen LogP contribution in [0, 0.1) is 19.8 Å². The van der Waals surface area contributed by atoms with E-state index in [1.165, 1.54) is 27.0 Å². The molecule has 0 radical (unpaired) electrons. The Kier molecular flexibility index (Phi) is 7.32. The number of carbonyl (C=O) groups excluding carboxylic acids is 2. The molecule has 1 atom stereocenters. The summed E-state index contributed by atoms with van der Waals surface area (Å²) < 4.78 is 33.1. The lowest BCUT2D eigenvalue weighted by Crippen LogP contribution is -2.42. The van der Waals surface area contributed by atoms with Gasteiger partial charge in [0.2, 0.25) is 21.8 Å². The second kappa shape index (κ2) is 10.1. The summed E-state index contributed by atoms with van der Waals surface area (Å²) in [6, 6.07) is 10.5. The molecule has 2 amide bonds. The highest BCUT2D eigenvalue weighted by Crippen LogP contribution is 2.38. The SMILES string of the molecule is Cc1ccc(NC(=O)CN2C(=O)C(C)CSc3ccc(S(=O)(=O)N4CCOCC4)cc32)cc1C. The molecule has 1 N–H and O–H groups in total. The first kappa shape index (κ1) is 24.7. The van der Waals surface area contributed by atoms with Gasteiger partial charge in [0, 0.05) is 35.3 Å². The van der Waals surface area contributed by atoms with E-state index in [2.05, 4.69) is 5.32 Å². The second-order valence-electron chi connectivity index (χ2n) is 8.63. The molecule has 0 aromatic heterocycles. The number of fused-ring (bicyclic) bond motifs is 1. The van der Waals surface area contributed by atoms with E-state index in [0.29, 0.717) is 30.3 Å². The Balaban J connectivity index is 1.64. The van der Waals surface area contributed by atoms with Gasteiger partial charge in [-0.2, -0.15) is 4.31 Å². The summed E-state index contributed by atoms with van der Waals surface area (Å²) in [5, 5.41) is 2.86. The van der Waals surface area contributed by atoms with Gasteiger partial charge in [-0.05, 0) is 55.3 Å². The molecule has 1 saturated heterocycles. The number of morpholine rings is 1. The Hall–Kier alpha value is -2.40. The number of nitrogens with zero attached hydrogens (tertiary/aromatic N) is 2. The van der Waals surface area contributed by atoms with Crippen molar-refractivity contribution in [1.29, 1.82) is 0 Å². The minimum absolute atomic E-state index is 0.107. The molecule has 2 aromatic carbocycles. The summed E-state index contributed by atoms with van der Waals surface area (Å²) in [5.41, 5.74) is 3.28. The Morgan fingerprint density at radius 3 is 2.56 bits per heavy atom. The molecule has 0 aliphatic carbocycles. The number of nitrogens with one attached hydrogen (secondary N) is 1. The predicted molar refractivity (Wildman–Crippen MR) is 133 cm³/mol. The molecule has 2 heterocycles. The van der Waals surface area contributed by atoms with E-state index in [-0.39, 0.29) is 42.3 Å². The quantitative estimate of drug-likeness (QED) is 0.674. The van der Waals surface area contributed by atoms with Crippen LogP contribution in [0.3, 0.4) is 0 Å². The van der Waals surface area contributed by atoms with Gasteiger partial charge in [0.15, 0.2) is 0 Å². The van der Waals surface area contributed by atoms with Gasteiger partial charge in [-0.25, -0.2) is 8.42 Å². The topological polar surface area (TPSA) is 96.0 Å². The number of carbonyl (C=O) groups is 2. The largest absolute Gasteiger partial charge is 0.379 e. The van der Waals surface area contributed by atoms with Gasteiger partial charge in [-0.3, -0.25) is 9.59 Å². The highest BCUT2D eigenvalue weighted by atomic mass is 32.2. The monoisotopic (exact) mass is 503 g/mol. The molecule has 1 unspecified atom stereocenters. The van der Waals surface area contributed by atoms with Crippen molar-refractivity contribution in [3.05, 3.63) is 47.5 Å². The number of hydrogen-bond donors (Lipinski definition) is 1. The Labute approximate surface area is 204 Å². The number of rotatable bonds is 5. The summed E-state index contributed by atoms with van der Waals surface area (Å²) in [4.78, 5) is 28.4. The molecular formula is C24H29N3O5S2. The van der Waals surface area contributed by atoms with Crippen LogP contribution in [0.5, 0.6) is 0 Å². The van der Waals surface area contributed by atoms with Crippen molar-refractivity contribution in [1.82, 2.24) is 4.31 Å². The van der Waals surface area contributed by atoms with Gasteiger partial charge in [0.25, 0.3) is 0 Å². The zero-order valence-electron chi connectivity index (χ0n) is 19.5. The smallest absolute Gasteiger partial charge is 0.244 e. The summed E-state index contributed by atoms with van der Waals surface area (Å²) in [6.45, 7) is 6.84. The average molecular weight is 504 g/mol. The van der Waals surface area contributed by atoms with Crippen molar-refractivity contribution in [2.24, 2.45) is 5.92 Å². The molecule has 2 aliphatic heterocycles. The lowest BCUT2D eigenvalue weighted by Gasteiger charge is -2.27. The number of benzene rings is 2. The number of sulfonamides is 1. The fourth-order valence-corrected chi connectivity index (χ4v) is 6.41. The van der Waals surface area contributed by atoms with Gasteiger partial charge in [0.05, 0.1) is 23.8 Å². The van der Waals surface area contributed by atoms with Crippen LogP contribution in [0.25, 0.3) is 0 Å². The molecular weight excluding hydrogens is 474 g/mol. The number of anilines is 2. The maximum atomic E-state index is 13.2. The molecule has 4 rings (SSSR count). The highest BCUT2D eigenvalue weighted by molar-refractivity contribution is 7.99. The molecule has 182 valence electrons. The molecule has 0 spiro atoms. The van der Waals surface area contributed by atoms with E-state index in [1.807, 2.05) is 39.0 Å². The number of ether oxygens (including phenoxy) is 1. The van der Waals surface area contributed by atoms with Crippen molar-refractivity contribution in [2.45, 2.75) is 30.6 Å². The fraction of sp³-hybridized carbons (Fsp3) is 0.417. The average Bonchev–Trinajstić information content (AvgIpc) is 2.94. The lowest BCUT2D eigenvalue weighted by atomic mass is 10.1. The highest BCUT2D eigenvalue weighted by Gasteiger charge is 2.32. The maximum Gasteiger partial charge on any atom is 0.244 e. The maximum absolute atomic E-state index is 13.2. The standard InChI is InChI=1S/C24H29N3O5S2/c1-16-4-5-19(12-17(16)2)25-23(28)14-27-21-13-20(34(30,31)26-8-10-32-11-9-26)6-7-22(21)33-15-18(3)24(27)29/h4-7,12-13,18H,8-11,14-15H2,1-3H3,(H,25,28). The molecule has 0 saturated carbocycles. The van der Waals surface area contributed by atoms with Crippen molar-refractivity contribution >= 4 is 45.0 Å². The van der Waals surface area contributed by atoms with E-state index in [4.69, 9.17) is 4.74 Å². The third-order valence-corrected chi connectivity index (χ3v) is 9.32. The molecule has 0 bridgehead atoms. The van der Waals surface area contributed by atoms with Gasteiger partial charge in [0.1, 0.15) is 6.54 Å². The molecule has 34 heavy (non-hydrogen) atoms. The van der Waals surface area contributed by atoms with Crippen LogP contribution in [0.15, 0.2) is 46.2 Å². The first-order valence-corrected chi connectivity index (χ1v) is 13.6. The van der Waals surface area contributed by atoms with Crippen LogP contribution >= 0.6 is 11.8 Å². The zero-order valence-corrected chi connectivity index (χ0v) is 21.2. The Bertz CT molecular complexity index is 1210. The first-order valence-electron chi connectivity index (χ1n) is 11.2. The van der Waals surface area contributed by atoms with Gasteiger partial charge in [-0.15, -0.1) is 11.8 Å². The minimum Gasteiger partial charge on any atom is -0.379 e. The lowest BCUT2D eigenvalue weighted by molar-refractivity contribution is -0.123. The van der Waals surface area contributed by atoms with Gasteiger partial charge >= 0.3 is 0 Å². The molecule has 10 heteroatoms. The van der Waals surface area contributed by atoms with Crippen LogP contribution in [-0.4, -0.2) is 63.1 Å². The predicted octanol–water partition coefficient (Wildman–Crippen LogP) is 3.04. The van der Waals surface area contributed by atoms with Crippen LogP contribution in [0.1, 0.15) is 18.1 Å². The molecule has 2 aromatic rings. The minimum atomic E-state index is -3.74. The van der Waals surface area contributed by atoms with E-state index in [1.54, 1.807) is 12.1 Å². The summed E-state index contributed by atoms with van der Waals surface area (Å²) in [7, 11) is -3.74. The zero-order chi connectivity index (χ0) is 24.5. The summed E-state index contributed by atoms with van der Waals surface area (Å²) in [5.74, 6) is -0.312. The van der Waals surface area contributed by atoms with E-state index < -0.39 is 10.0 Å². The van der Waals surface area contributed by atoms with Crippen molar-refractivity contribution in [3.63, 3.8) is 0 Å². The Morgan fingerprint density at radius 1 is 1.12 bits per heavy atom. The fourth-order valence-electron chi connectivity index (χ4n) is 3.92.